The Labute approximate surface area is 125 Å². The predicted octanol–water partition coefficient (Wildman–Crippen LogP) is 2.66. The lowest BCUT2D eigenvalue weighted by Crippen LogP contribution is -2.41. The van der Waals surface area contributed by atoms with Gasteiger partial charge in [-0.3, -0.25) is 9.69 Å². The Morgan fingerprint density at radius 1 is 1.10 bits per heavy atom. The van der Waals surface area contributed by atoms with E-state index >= 15 is 0 Å². The Morgan fingerprint density at radius 3 is 2.43 bits per heavy atom. The van der Waals surface area contributed by atoms with Gasteiger partial charge in [-0.05, 0) is 44.8 Å². The van der Waals surface area contributed by atoms with Crippen LogP contribution in [0, 0.1) is 11.7 Å². The lowest BCUT2D eigenvalue weighted by Gasteiger charge is -2.33. The molecule has 2 heterocycles. The third-order valence-electron chi connectivity index (χ3n) is 4.71. The zero-order chi connectivity index (χ0) is 14.7. The van der Waals surface area contributed by atoms with Crippen LogP contribution in [-0.4, -0.2) is 41.9 Å². The normalized spacial score (nSPS) is 20.9. The van der Waals surface area contributed by atoms with Gasteiger partial charge in [-0.25, -0.2) is 4.39 Å². The van der Waals surface area contributed by atoms with E-state index in [1.54, 1.807) is 6.07 Å². The van der Waals surface area contributed by atoms with Gasteiger partial charge in [-0.1, -0.05) is 18.2 Å². The zero-order valence-corrected chi connectivity index (χ0v) is 12.4. The molecular weight excluding hydrogens is 267 g/mol. The minimum absolute atomic E-state index is 0.132. The fourth-order valence-corrected chi connectivity index (χ4v) is 3.40. The van der Waals surface area contributed by atoms with Crippen LogP contribution in [-0.2, 0) is 11.3 Å². The summed E-state index contributed by atoms with van der Waals surface area (Å²) >= 11 is 0. The molecule has 2 aliphatic rings. The molecule has 3 rings (SSSR count). The van der Waals surface area contributed by atoms with Crippen molar-refractivity contribution in [1.82, 2.24) is 9.80 Å². The molecule has 0 radical (unpaired) electrons. The molecule has 0 aromatic heterocycles. The highest BCUT2D eigenvalue weighted by molar-refractivity contribution is 5.79. The molecule has 2 aliphatic heterocycles. The van der Waals surface area contributed by atoms with Gasteiger partial charge < -0.3 is 4.90 Å². The van der Waals surface area contributed by atoms with Crippen molar-refractivity contribution in [2.45, 2.75) is 32.2 Å². The molecule has 0 spiro atoms. The summed E-state index contributed by atoms with van der Waals surface area (Å²) in [5.41, 5.74) is 0.752. The molecule has 2 saturated heterocycles. The van der Waals surface area contributed by atoms with Gasteiger partial charge in [0.1, 0.15) is 5.82 Å². The topological polar surface area (TPSA) is 23.6 Å². The number of likely N-dealkylation sites (tertiary alicyclic amines) is 2. The van der Waals surface area contributed by atoms with Crippen molar-refractivity contribution >= 4 is 5.91 Å². The van der Waals surface area contributed by atoms with Crippen LogP contribution in [0.5, 0.6) is 0 Å². The smallest absolute Gasteiger partial charge is 0.225 e. The minimum Gasteiger partial charge on any atom is -0.342 e. The van der Waals surface area contributed by atoms with Gasteiger partial charge in [0.15, 0.2) is 0 Å². The van der Waals surface area contributed by atoms with Crippen LogP contribution in [0.4, 0.5) is 4.39 Å². The summed E-state index contributed by atoms with van der Waals surface area (Å²) in [5.74, 6) is 0.394. The monoisotopic (exact) mass is 290 g/mol. The maximum atomic E-state index is 13.7. The quantitative estimate of drug-likeness (QED) is 0.854. The SMILES string of the molecule is O=C(C1CCN(Cc2ccccc2F)CC1)N1CCCC1. The Hall–Kier alpha value is -1.42. The highest BCUT2D eigenvalue weighted by Gasteiger charge is 2.29. The van der Waals surface area contributed by atoms with Gasteiger partial charge in [0.05, 0.1) is 0 Å². The second-order valence-corrected chi connectivity index (χ2v) is 6.17. The Balaban J connectivity index is 1.51. The highest BCUT2D eigenvalue weighted by atomic mass is 19.1. The molecule has 1 amide bonds. The van der Waals surface area contributed by atoms with E-state index in [1.165, 1.54) is 6.07 Å². The van der Waals surface area contributed by atoms with Gasteiger partial charge in [-0.2, -0.15) is 0 Å². The number of hydrogen-bond acceptors (Lipinski definition) is 2. The number of carbonyl (C=O) groups is 1. The molecular formula is C17H23FN2O. The average Bonchev–Trinajstić information content (AvgIpc) is 3.04. The van der Waals surface area contributed by atoms with Crippen LogP contribution < -0.4 is 0 Å². The third kappa shape index (κ3) is 3.43. The van der Waals surface area contributed by atoms with Crippen LogP contribution in [0.1, 0.15) is 31.2 Å². The second-order valence-electron chi connectivity index (χ2n) is 6.17. The van der Waals surface area contributed by atoms with E-state index in [0.717, 1.165) is 57.4 Å². The largest absolute Gasteiger partial charge is 0.342 e. The van der Waals surface area contributed by atoms with E-state index in [1.807, 2.05) is 17.0 Å². The van der Waals surface area contributed by atoms with Gasteiger partial charge >= 0.3 is 0 Å². The Kier molecular flexibility index (Phi) is 4.54. The van der Waals surface area contributed by atoms with E-state index in [9.17, 15) is 9.18 Å². The first-order valence-corrected chi connectivity index (χ1v) is 7.98. The van der Waals surface area contributed by atoms with E-state index in [4.69, 9.17) is 0 Å². The number of nitrogens with zero attached hydrogens (tertiary/aromatic N) is 2. The molecule has 0 bridgehead atoms. The number of carbonyl (C=O) groups excluding carboxylic acids is 1. The fraction of sp³-hybridized carbons (Fsp3) is 0.588. The first-order chi connectivity index (χ1) is 10.2. The lowest BCUT2D eigenvalue weighted by atomic mass is 9.95. The molecule has 0 N–H and O–H groups in total. The Bertz CT molecular complexity index is 491. The summed E-state index contributed by atoms with van der Waals surface area (Å²) < 4.78 is 13.7. The minimum atomic E-state index is -0.132. The maximum Gasteiger partial charge on any atom is 0.225 e. The van der Waals surface area contributed by atoms with Crippen molar-refractivity contribution in [3.63, 3.8) is 0 Å². The van der Waals surface area contributed by atoms with E-state index in [2.05, 4.69) is 4.90 Å². The standard InChI is InChI=1S/C17H23FN2O/c18-16-6-2-1-5-15(16)13-19-11-7-14(8-12-19)17(21)20-9-3-4-10-20/h1-2,5-6,14H,3-4,7-13H2. The van der Waals surface area contributed by atoms with E-state index in [0.29, 0.717) is 12.5 Å². The molecule has 0 atom stereocenters. The molecule has 1 aromatic carbocycles. The van der Waals surface area contributed by atoms with Gasteiger partial charge in [-0.15, -0.1) is 0 Å². The maximum absolute atomic E-state index is 13.7. The Morgan fingerprint density at radius 2 is 1.76 bits per heavy atom. The van der Waals surface area contributed by atoms with Crippen LogP contribution in [0.15, 0.2) is 24.3 Å². The van der Waals surface area contributed by atoms with Crippen molar-refractivity contribution in [3.05, 3.63) is 35.6 Å². The van der Waals surface area contributed by atoms with Crippen LogP contribution in [0.25, 0.3) is 0 Å². The van der Waals surface area contributed by atoms with Crippen molar-refractivity contribution in [1.29, 1.82) is 0 Å². The molecule has 114 valence electrons. The molecule has 1 aromatic rings. The summed E-state index contributed by atoms with van der Waals surface area (Å²) in [7, 11) is 0. The number of amides is 1. The summed E-state index contributed by atoms with van der Waals surface area (Å²) in [5, 5.41) is 0. The molecule has 2 fully saturated rings. The van der Waals surface area contributed by atoms with Crippen molar-refractivity contribution in [3.8, 4) is 0 Å². The number of halogens is 1. The molecule has 3 nitrogen and oxygen atoms in total. The van der Waals surface area contributed by atoms with Gasteiger partial charge in [0.25, 0.3) is 0 Å². The van der Waals surface area contributed by atoms with Gasteiger partial charge in [0.2, 0.25) is 5.91 Å². The first-order valence-electron chi connectivity index (χ1n) is 7.98. The predicted molar refractivity (Wildman–Crippen MR) is 80.2 cm³/mol. The van der Waals surface area contributed by atoms with E-state index in [-0.39, 0.29) is 11.7 Å². The van der Waals surface area contributed by atoms with Gasteiger partial charge in [0, 0.05) is 31.1 Å². The van der Waals surface area contributed by atoms with Crippen LogP contribution >= 0.6 is 0 Å². The number of rotatable bonds is 3. The number of piperidine rings is 1. The van der Waals surface area contributed by atoms with Crippen LogP contribution in [0.3, 0.4) is 0 Å². The molecule has 4 heteroatoms. The van der Waals surface area contributed by atoms with Crippen molar-refractivity contribution in [2.24, 2.45) is 5.92 Å². The molecule has 0 saturated carbocycles. The molecule has 0 aliphatic carbocycles. The second kappa shape index (κ2) is 6.56. The fourth-order valence-electron chi connectivity index (χ4n) is 3.40. The summed E-state index contributed by atoms with van der Waals surface area (Å²) in [6, 6.07) is 6.96. The summed E-state index contributed by atoms with van der Waals surface area (Å²) in [6.07, 6.45) is 4.11. The van der Waals surface area contributed by atoms with Crippen molar-refractivity contribution < 1.29 is 9.18 Å². The zero-order valence-electron chi connectivity index (χ0n) is 12.4. The highest BCUT2D eigenvalue weighted by Crippen LogP contribution is 2.23. The van der Waals surface area contributed by atoms with Crippen LogP contribution in [0.2, 0.25) is 0 Å². The summed E-state index contributed by atoms with van der Waals surface area (Å²) in [4.78, 5) is 16.6. The number of benzene rings is 1. The summed E-state index contributed by atoms with van der Waals surface area (Å²) in [6.45, 7) is 4.30. The van der Waals surface area contributed by atoms with Crippen molar-refractivity contribution in [2.75, 3.05) is 26.2 Å². The number of hydrogen-bond donors (Lipinski definition) is 0. The van der Waals surface area contributed by atoms with E-state index < -0.39 is 0 Å². The average molecular weight is 290 g/mol. The first kappa shape index (κ1) is 14.5. The third-order valence-corrected chi connectivity index (χ3v) is 4.71. The molecule has 0 unspecified atom stereocenters. The molecule has 21 heavy (non-hydrogen) atoms. The lowest BCUT2D eigenvalue weighted by molar-refractivity contribution is -0.136.